The van der Waals surface area contributed by atoms with Gasteiger partial charge in [-0.15, -0.1) is 15.8 Å². The van der Waals surface area contributed by atoms with E-state index in [-0.39, 0.29) is 19.5 Å². The summed E-state index contributed by atoms with van der Waals surface area (Å²) in [5.41, 5.74) is 6.36. The average molecular weight is 526 g/mol. The predicted molar refractivity (Wildman–Crippen MR) is 139 cm³/mol. The van der Waals surface area contributed by atoms with Crippen molar-refractivity contribution >= 4 is 15.8 Å². The fraction of sp³-hybridized carbons (Fsp3) is 0.769. The van der Waals surface area contributed by atoms with Crippen molar-refractivity contribution in [2.24, 2.45) is 0 Å². The second-order valence-electron chi connectivity index (χ2n) is 8.79. The van der Waals surface area contributed by atoms with Crippen LogP contribution in [-0.4, -0.2) is 35.0 Å². The van der Waals surface area contributed by atoms with E-state index in [0.29, 0.717) is 15.8 Å². The van der Waals surface area contributed by atoms with Crippen LogP contribution in [0.4, 0.5) is 0 Å². The van der Waals surface area contributed by atoms with Crippen LogP contribution in [0.2, 0.25) is 0 Å². The molecule has 0 unspecified atom stereocenters. The third kappa shape index (κ3) is 13.0. The molecule has 0 saturated carbocycles. The Balaban J connectivity index is 0. The van der Waals surface area contributed by atoms with Crippen LogP contribution in [0, 0.1) is 13.8 Å². The maximum atomic E-state index is 3.44. The van der Waals surface area contributed by atoms with Gasteiger partial charge >= 0.3 is 19.5 Å². The minimum Gasteiger partial charge on any atom is -0.242 e. The van der Waals surface area contributed by atoms with E-state index >= 15 is 0 Å². The standard InChI is InChI=1S/C18H36P2.2C4H7.Ru/c1-5-15-9-10-16(6-2)19(15)13-14-20-17(7-3)11-12-18(20)8-4;2*1-4(2)3;/h15-18H,5-14H2,1-4H3;2*1-2H2,3H3;/q;2*-1;+2/t15-,16-,17-,18-;;;/m1.../s1. The van der Waals surface area contributed by atoms with Crippen molar-refractivity contribution in [2.45, 2.75) is 116 Å². The van der Waals surface area contributed by atoms with E-state index in [1.165, 1.54) is 25.7 Å². The van der Waals surface area contributed by atoms with Crippen LogP contribution >= 0.6 is 15.8 Å². The van der Waals surface area contributed by atoms with Gasteiger partial charge in [-0.25, -0.2) is 38.2 Å². The van der Waals surface area contributed by atoms with E-state index in [4.69, 9.17) is 0 Å². The second-order valence-corrected chi connectivity index (χ2v) is 14.7. The van der Waals surface area contributed by atoms with E-state index in [1.807, 2.05) is 13.8 Å². The van der Waals surface area contributed by atoms with E-state index < -0.39 is 0 Å². The largest absolute Gasteiger partial charge is 2.00 e. The van der Waals surface area contributed by atoms with Gasteiger partial charge in [0.2, 0.25) is 0 Å². The van der Waals surface area contributed by atoms with Gasteiger partial charge < -0.3 is 0 Å². The first-order chi connectivity index (χ1) is 13.2. The fourth-order valence-corrected chi connectivity index (χ4v) is 13.0. The summed E-state index contributed by atoms with van der Waals surface area (Å²) in [5, 5.41) is 0. The molecule has 172 valence electrons. The van der Waals surface area contributed by atoms with Crippen LogP contribution in [0.1, 0.15) is 92.9 Å². The van der Waals surface area contributed by atoms with Crippen molar-refractivity contribution in [3.63, 3.8) is 0 Å². The van der Waals surface area contributed by atoms with Gasteiger partial charge in [0.25, 0.3) is 0 Å². The van der Waals surface area contributed by atoms with Gasteiger partial charge in [0.15, 0.2) is 0 Å². The van der Waals surface area contributed by atoms with Crippen LogP contribution < -0.4 is 0 Å². The van der Waals surface area contributed by atoms with Crippen molar-refractivity contribution in [2.75, 3.05) is 12.3 Å². The zero-order valence-corrected chi connectivity index (χ0v) is 24.0. The first-order valence-corrected chi connectivity index (χ1v) is 15.0. The molecule has 0 aliphatic carbocycles. The Hall–Kier alpha value is 0.703. The maximum absolute atomic E-state index is 3.44. The Bertz CT molecular complexity index is 362. The SMILES string of the molecule is C=C([CH2-])C.C=C([CH2-])C.CC[C@@H]1CC[C@@H](CC)P1CCP1[C@H](CC)CC[C@H]1CC.[Ru+2]. The Kier molecular flexibility index (Phi) is 20.1. The Labute approximate surface area is 200 Å². The van der Waals surface area contributed by atoms with Crippen LogP contribution in [-0.2, 0) is 19.5 Å². The Morgan fingerprint density at radius 3 is 0.966 bits per heavy atom. The van der Waals surface area contributed by atoms with Gasteiger partial charge in [-0.3, -0.25) is 0 Å². The van der Waals surface area contributed by atoms with Crippen LogP contribution in [0.15, 0.2) is 24.3 Å². The summed E-state index contributed by atoms with van der Waals surface area (Å²) in [6, 6.07) is 0. The van der Waals surface area contributed by atoms with E-state index in [0.717, 1.165) is 33.8 Å². The first-order valence-electron chi connectivity index (χ1n) is 11.7. The molecule has 0 radical (unpaired) electrons. The molecule has 2 rings (SSSR count). The molecule has 0 spiro atoms. The normalized spacial score (nSPS) is 26.6. The van der Waals surface area contributed by atoms with Crippen molar-refractivity contribution in [1.82, 2.24) is 0 Å². The van der Waals surface area contributed by atoms with Gasteiger partial charge in [0, 0.05) is 0 Å². The van der Waals surface area contributed by atoms with E-state index in [2.05, 4.69) is 54.7 Å². The van der Waals surface area contributed by atoms with Crippen LogP contribution in [0.25, 0.3) is 0 Å². The van der Waals surface area contributed by atoms with Gasteiger partial charge in [-0.1, -0.05) is 41.5 Å². The molecule has 0 aromatic rings. The summed E-state index contributed by atoms with van der Waals surface area (Å²) in [4.78, 5) is 0. The molecule has 2 aliphatic rings. The third-order valence-corrected chi connectivity index (χ3v) is 14.1. The smallest absolute Gasteiger partial charge is 0.242 e. The molecule has 4 atom stereocenters. The number of rotatable bonds is 7. The molecule has 0 amide bonds. The maximum Gasteiger partial charge on any atom is 2.00 e. The summed E-state index contributed by atoms with van der Waals surface area (Å²) >= 11 is 0. The van der Waals surface area contributed by atoms with Gasteiger partial charge in [0.05, 0.1) is 0 Å². The Morgan fingerprint density at radius 1 is 0.655 bits per heavy atom. The molecule has 3 heteroatoms. The van der Waals surface area contributed by atoms with Crippen molar-refractivity contribution in [1.29, 1.82) is 0 Å². The van der Waals surface area contributed by atoms with Gasteiger partial charge in [-0.2, -0.15) is 0 Å². The van der Waals surface area contributed by atoms with Crippen molar-refractivity contribution in [3.05, 3.63) is 38.2 Å². The average Bonchev–Trinajstić information content (AvgIpc) is 3.21. The molecule has 0 N–H and O–H groups in total. The van der Waals surface area contributed by atoms with E-state index in [9.17, 15) is 0 Å². The van der Waals surface area contributed by atoms with Crippen LogP contribution in [0.5, 0.6) is 0 Å². The topological polar surface area (TPSA) is 0 Å². The molecule has 2 saturated heterocycles. The molecule has 0 aromatic heterocycles. The molecule has 2 aliphatic heterocycles. The zero-order chi connectivity index (χ0) is 21.7. The number of hydrogen-bond donors (Lipinski definition) is 0. The van der Waals surface area contributed by atoms with Crippen LogP contribution in [0.3, 0.4) is 0 Å². The molecule has 2 fully saturated rings. The molecule has 29 heavy (non-hydrogen) atoms. The summed E-state index contributed by atoms with van der Waals surface area (Å²) in [6.07, 6.45) is 15.4. The monoisotopic (exact) mass is 526 g/mol. The van der Waals surface area contributed by atoms with Gasteiger partial charge in [-0.05, 0) is 86.3 Å². The van der Waals surface area contributed by atoms with Crippen molar-refractivity contribution in [3.8, 4) is 0 Å². The summed E-state index contributed by atoms with van der Waals surface area (Å²) in [7, 11) is 0.759. The minimum absolute atomic E-state index is 0. The van der Waals surface area contributed by atoms with Crippen molar-refractivity contribution < 1.29 is 19.5 Å². The zero-order valence-electron chi connectivity index (χ0n) is 20.5. The fourth-order valence-electron chi connectivity index (χ4n) is 4.74. The van der Waals surface area contributed by atoms with Gasteiger partial charge in [0.1, 0.15) is 0 Å². The minimum atomic E-state index is 0. The number of hydrogen-bond acceptors (Lipinski definition) is 0. The summed E-state index contributed by atoms with van der Waals surface area (Å²) in [6.45, 7) is 27.3. The molecule has 0 bridgehead atoms. The molecular formula is C26H50P2Ru. The quantitative estimate of drug-likeness (QED) is 0.176. The second kappa shape index (κ2) is 18.3. The molecule has 2 heterocycles. The molecule has 0 nitrogen and oxygen atoms in total. The predicted octanol–water partition coefficient (Wildman–Crippen LogP) is 9.44. The first kappa shape index (κ1) is 31.9. The summed E-state index contributed by atoms with van der Waals surface area (Å²) in [5.74, 6) is 0. The summed E-state index contributed by atoms with van der Waals surface area (Å²) < 4.78 is 0. The molecule has 0 aromatic carbocycles. The molecular weight excluding hydrogens is 475 g/mol. The Morgan fingerprint density at radius 2 is 0.828 bits per heavy atom. The third-order valence-electron chi connectivity index (χ3n) is 6.04. The van der Waals surface area contributed by atoms with E-state index in [1.54, 1.807) is 38.0 Å². The number of allylic oxidation sites excluding steroid dienone is 2.